The molecule has 86 valence electrons. The van der Waals surface area contributed by atoms with Crippen molar-refractivity contribution in [2.75, 3.05) is 6.61 Å². The van der Waals surface area contributed by atoms with Crippen LogP contribution < -0.4 is 5.73 Å². The maximum Gasteiger partial charge on any atom is 0.361 e. The zero-order valence-electron chi connectivity index (χ0n) is 8.84. The van der Waals surface area contributed by atoms with Crippen LogP contribution in [0.2, 0.25) is 0 Å². The van der Waals surface area contributed by atoms with Crippen molar-refractivity contribution in [3.63, 3.8) is 0 Å². The molecule has 1 aromatic heterocycles. The monoisotopic (exact) mass is 224 g/mol. The largest absolute Gasteiger partial charge is 0.457 e. The van der Waals surface area contributed by atoms with Crippen LogP contribution in [0.25, 0.3) is 0 Å². The fourth-order valence-corrected chi connectivity index (χ4v) is 1.05. The summed E-state index contributed by atoms with van der Waals surface area (Å²) in [5.41, 5.74) is 5.51. The molecule has 0 bridgehead atoms. The molecule has 0 saturated carbocycles. The number of rotatable bonds is 5. The molecule has 16 heavy (non-hydrogen) atoms. The van der Waals surface area contributed by atoms with Crippen molar-refractivity contribution < 1.29 is 14.3 Å². The van der Waals surface area contributed by atoms with Gasteiger partial charge < -0.3 is 10.5 Å². The average molecular weight is 224 g/mol. The minimum Gasteiger partial charge on any atom is -0.457 e. The van der Waals surface area contributed by atoms with Crippen molar-refractivity contribution in [3.05, 3.63) is 24.0 Å². The van der Waals surface area contributed by atoms with E-state index < -0.39 is 11.9 Å². The van der Waals surface area contributed by atoms with Gasteiger partial charge in [0.15, 0.2) is 5.69 Å². The molecular weight excluding hydrogens is 212 g/mol. The van der Waals surface area contributed by atoms with E-state index in [0.717, 1.165) is 0 Å². The predicted octanol–water partition coefficient (Wildman–Crippen LogP) is -0.585. The minimum absolute atomic E-state index is 0.0723. The van der Waals surface area contributed by atoms with Crippen LogP contribution in [0.1, 0.15) is 16.2 Å². The van der Waals surface area contributed by atoms with Gasteiger partial charge in [0, 0.05) is 0 Å². The Hall–Kier alpha value is -2.18. The Morgan fingerprint density at radius 2 is 2.31 bits per heavy atom. The van der Waals surface area contributed by atoms with Crippen LogP contribution in [-0.4, -0.2) is 33.5 Å². The lowest BCUT2D eigenvalue weighted by Crippen LogP contribution is -2.20. The molecule has 0 fully saturated rings. The van der Waals surface area contributed by atoms with Crippen LogP contribution in [0.4, 0.5) is 0 Å². The number of carbonyl (C=O) groups excluding carboxylic acids is 2. The number of primary amides is 1. The summed E-state index contributed by atoms with van der Waals surface area (Å²) >= 11 is 0. The molecule has 1 rings (SSSR count). The molecule has 7 heteroatoms. The van der Waals surface area contributed by atoms with E-state index in [2.05, 4.69) is 16.9 Å². The standard InChI is InChI=1S/C9H12N4O3/c1-3-4-16-9(15)8-6(2)13(12-11-8)5-7(10)14/h3H,1,4-5H2,2H3,(H2,10,14). The first-order valence-electron chi connectivity index (χ1n) is 4.52. The predicted molar refractivity (Wildman–Crippen MR) is 54.4 cm³/mol. The molecule has 1 heterocycles. The van der Waals surface area contributed by atoms with Gasteiger partial charge in [-0.3, -0.25) is 4.79 Å². The zero-order valence-corrected chi connectivity index (χ0v) is 8.84. The Labute approximate surface area is 91.9 Å². The van der Waals surface area contributed by atoms with Crippen molar-refractivity contribution in [3.8, 4) is 0 Å². The van der Waals surface area contributed by atoms with Gasteiger partial charge in [-0.25, -0.2) is 9.48 Å². The molecule has 0 saturated heterocycles. The summed E-state index contributed by atoms with van der Waals surface area (Å²) < 4.78 is 6.03. The summed E-state index contributed by atoms with van der Waals surface area (Å²) in [7, 11) is 0. The Bertz CT molecular complexity index is 424. The van der Waals surface area contributed by atoms with E-state index >= 15 is 0 Å². The van der Waals surface area contributed by atoms with Crippen molar-refractivity contribution in [2.24, 2.45) is 5.73 Å². The Kier molecular flexibility index (Phi) is 3.76. The number of hydrogen-bond donors (Lipinski definition) is 1. The van der Waals surface area contributed by atoms with Crippen LogP contribution in [0, 0.1) is 6.92 Å². The second-order valence-electron chi connectivity index (χ2n) is 3.03. The number of ether oxygens (including phenoxy) is 1. The van der Waals surface area contributed by atoms with Crippen LogP contribution in [0.5, 0.6) is 0 Å². The molecular formula is C9H12N4O3. The maximum absolute atomic E-state index is 11.4. The molecule has 0 aliphatic carbocycles. The molecule has 0 aliphatic rings. The fourth-order valence-electron chi connectivity index (χ4n) is 1.05. The third kappa shape index (κ3) is 2.66. The fraction of sp³-hybridized carbons (Fsp3) is 0.333. The molecule has 0 aromatic carbocycles. The summed E-state index contributed by atoms with van der Waals surface area (Å²) in [5.74, 6) is -1.16. The molecule has 1 aromatic rings. The molecule has 0 spiro atoms. The van der Waals surface area contributed by atoms with Gasteiger partial charge in [0.2, 0.25) is 5.91 Å². The third-order valence-electron chi connectivity index (χ3n) is 1.81. The smallest absolute Gasteiger partial charge is 0.361 e. The van der Waals surface area contributed by atoms with E-state index in [1.54, 1.807) is 6.92 Å². The van der Waals surface area contributed by atoms with Gasteiger partial charge in [-0.2, -0.15) is 0 Å². The number of esters is 1. The van der Waals surface area contributed by atoms with E-state index in [1.165, 1.54) is 10.8 Å². The van der Waals surface area contributed by atoms with Crippen molar-refractivity contribution in [1.82, 2.24) is 15.0 Å². The lowest BCUT2D eigenvalue weighted by atomic mass is 10.3. The second-order valence-corrected chi connectivity index (χ2v) is 3.03. The average Bonchev–Trinajstić information content (AvgIpc) is 2.56. The van der Waals surface area contributed by atoms with Crippen molar-refractivity contribution >= 4 is 11.9 Å². The lowest BCUT2D eigenvalue weighted by Gasteiger charge is -2.00. The van der Waals surface area contributed by atoms with Gasteiger partial charge in [-0.1, -0.05) is 17.9 Å². The van der Waals surface area contributed by atoms with Gasteiger partial charge in [0.05, 0.1) is 5.69 Å². The van der Waals surface area contributed by atoms with E-state index in [-0.39, 0.29) is 18.8 Å². The van der Waals surface area contributed by atoms with Gasteiger partial charge >= 0.3 is 5.97 Å². The third-order valence-corrected chi connectivity index (χ3v) is 1.81. The summed E-state index contributed by atoms with van der Waals surface area (Å²) in [5, 5.41) is 7.24. The topological polar surface area (TPSA) is 100 Å². The molecule has 7 nitrogen and oxygen atoms in total. The van der Waals surface area contributed by atoms with Crippen LogP contribution >= 0.6 is 0 Å². The van der Waals surface area contributed by atoms with E-state index in [0.29, 0.717) is 5.69 Å². The zero-order chi connectivity index (χ0) is 12.1. The minimum atomic E-state index is -0.604. The highest BCUT2D eigenvalue weighted by atomic mass is 16.5. The molecule has 1 amide bonds. The number of carbonyl (C=O) groups is 2. The van der Waals surface area contributed by atoms with Crippen molar-refractivity contribution in [2.45, 2.75) is 13.5 Å². The first kappa shape index (κ1) is 11.9. The van der Waals surface area contributed by atoms with Crippen LogP contribution in [0.15, 0.2) is 12.7 Å². The van der Waals surface area contributed by atoms with Gasteiger partial charge in [-0.15, -0.1) is 5.10 Å². The molecule has 2 N–H and O–H groups in total. The van der Waals surface area contributed by atoms with Gasteiger partial charge in [-0.05, 0) is 6.92 Å². The first-order chi connectivity index (χ1) is 7.56. The number of nitrogens with two attached hydrogens (primary N) is 1. The second kappa shape index (κ2) is 5.06. The molecule has 0 atom stereocenters. The Morgan fingerprint density at radius 3 is 2.88 bits per heavy atom. The first-order valence-corrected chi connectivity index (χ1v) is 4.52. The Balaban J connectivity index is 2.82. The summed E-state index contributed by atoms with van der Waals surface area (Å²) in [6.07, 6.45) is 1.45. The quantitative estimate of drug-likeness (QED) is 0.532. The highest BCUT2D eigenvalue weighted by Gasteiger charge is 2.17. The van der Waals surface area contributed by atoms with E-state index in [9.17, 15) is 9.59 Å². The highest BCUT2D eigenvalue weighted by Crippen LogP contribution is 2.05. The van der Waals surface area contributed by atoms with Crippen LogP contribution in [0.3, 0.4) is 0 Å². The number of aromatic nitrogens is 3. The molecule has 0 radical (unpaired) electrons. The summed E-state index contributed by atoms with van der Waals surface area (Å²) in [6.45, 7) is 5.00. The molecule has 0 aliphatic heterocycles. The van der Waals surface area contributed by atoms with Gasteiger partial charge in [0.1, 0.15) is 13.2 Å². The van der Waals surface area contributed by atoms with E-state index in [4.69, 9.17) is 10.5 Å². The lowest BCUT2D eigenvalue weighted by molar-refractivity contribution is -0.118. The number of amides is 1. The highest BCUT2D eigenvalue weighted by molar-refractivity contribution is 5.88. The van der Waals surface area contributed by atoms with Crippen LogP contribution in [-0.2, 0) is 16.1 Å². The normalized spacial score (nSPS) is 9.81. The van der Waals surface area contributed by atoms with E-state index in [1.807, 2.05) is 0 Å². The number of nitrogens with zero attached hydrogens (tertiary/aromatic N) is 3. The van der Waals surface area contributed by atoms with Crippen molar-refractivity contribution in [1.29, 1.82) is 0 Å². The molecule has 0 unspecified atom stereocenters. The Morgan fingerprint density at radius 1 is 1.62 bits per heavy atom. The number of hydrogen-bond acceptors (Lipinski definition) is 5. The SMILES string of the molecule is C=CCOC(=O)c1nnn(CC(N)=O)c1C. The summed E-state index contributed by atoms with van der Waals surface area (Å²) in [4.78, 5) is 22.1. The maximum atomic E-state index is 11.4. The van der Waals surface area contributed by atoms with Gasteiger partial charge in [0.25, 0.3) is 0 Å². The summed E-state index contributed by atoms with van der Waals surface area (Å²) in [6, 6.07) is 0.